The Labute approximate surface area is 120 Å². The Morgan fingerprint density at radius 1 is 1.35 bits per heavy atom. The van der Waals surface area contributed by atoms with E-state index in [1.54, 1.807) is 19.1 Å². The van der Waals surface area contributed by atoms with Gasteiger partial charge in [0.1, 0.15) is 23.3 Å². The van der Waals surface area contributed by atoms with Crippen LogP contribution in [-0.4, -0.2) is 17.3 Å². The molecule has 1 aromatic rings. The van der Waals surface area contributed by atoms with Crippen LogP contribution in [0.5, 0.6) is 5.75 Å². The van der Waals surface area contributed by atoms with Crippen molar-refractivity contribution in [2.75, 3.05) is 0 Å². The average molecular weight is 281 g/mol. The van der Waals surface area contributed by atoms with Crippen LogP contribution in [0.25, 0.3) is 0 Å². The van der Waals surface area contributed by atoms with Crippen LogP contribution in [0, 0.1) is 5.82 Å². The molecule has 1 saturated heterocycles. The van der Waals surface area contributed by atoms with E-state index in [1.165, 1.54) is 6.07 Å². The lowest BCUT2D eigenvalue weighted by Crippen LogP contribution is -2.36. The largest absolute Gasteiger partial charge is 0.487 e. The van der Waals surface area contributed by atoms with Gasteiger partial charge >= 0.3 is 0 Å². The lowest BCUT2D eigenvalue weighted by atomic mass is 9.97. The van der Waals surface area contributed by atoms with E-state index >= 15 is 0 Å². The van der Waals surface area contributed by atoms with E-state index in [1.807, 2.05) is 27.7 Å². The molecule has 3 nitrogen and oxygen atoms in total. The summed E-state index contributed by atoms with van der Waals surface area (Å²) in [5, 5.41) is 0. The van der Waals surface area contributed by atoms with Gasteiger partial charge in [-0.1, -0.05) is 6.07 Å². The number of rotatable bonds is 3. The predicted octanol–water partition coefficient (Wildman–Crippen LogP) is 3.57. The van der Waals surface area contributed by atoms with Gasteiger partial charge in [0.2, 0.25) is 0 Å². The Kier molecular flexibility index (Phi) is 3.82. The number of nitrogens with two attached hydrogens (primary N) is 1. The number of ether oxygens (including phenoxy) is 2. The molecule has 4 heteroatoms. The summed E-state index contributed by atoms with van der Waals surface area (Å²) in [5.41, 5.74) is 5.59. The monoisotopic (exact) mass is 281 g/mol. The Bertz CT molecular complexity index is 497. The SMILES string of the molecule is CC(N)c1ccc(OC2CC(C)(C)OC2(C)C)cc1F. The van der Waals surface area contributed by atoms with Crippen LogP contribution in [0.2, 0.25) is 0 Å². The maximum atomic E-state index is 13.9. The molecule has 2 atom stereocenters. The van der Waals surface area contributed by atoms with Crippen LogP contribution < -0.4 is 10.5 Å². The summed E-state index contributed by atoms with van der Waals surface area (Å²) in [6.45, 7) is 9.84. The van der Waals surface area contributed by atoms with Crippen molar-refractivity contribution in [3.05, 3.63) is 29.6 Å². The summed E-state index contributed by atoms with van der Waals surface area (Å²) in [5.74, 6) is 0.194. The van der Waals surface area contributed by atoms with Crippen LogP contribution in [0.1, 0.15) is 52.6 Å². The predicted molar refractivity (Wildman–Crippen MR) is 77.3 cm³/mol. The zero-order valence-electron chi connectivity index (χ0n) is 12.9. The number of hydrogen-bond donors (Lipinski definition) is 1. The van der Waals surface area contributed by atoms with E-state index in [-0.39, 0.29) is 29.2 Å². The molecule has 0 amide bonds. The molecule has 2 unspecified atom stereocenters. The van der Waals surface area contributed by atoms with Crippen LogP contribution >= 0.6 is 0 Å². The fraction of sp³-hybridized carbons (Fsp3) is 0.625. The maximum absolute atomic E-state index is 13.9. The van der Waals surface area contributed by atoms with E-state index in [0.717, 1.165) is 6.42 Å². The third-order valence-corrected chi connectivity index (χ3v) is 3.73. The minimum Gasteiger partial charge on any atom is -0.487 e. The van der Waals surface area contributed by atoms with E-state index in [4.69, 9.17) is 15.2 Å². The second kappa shape index (κ2) is 5.01. The smallest absolute Gasteiger partial charge is 0.131 e. The van der Waals surface area contributed by atoms with Gasteiger partial charge in [0.25, 0.3) is 0 Å². The average Bonchev–Trinajstić information content (AvgIpc) is 2.45. The highest BCUT2D eigenvalue weighted by molar-refractivity contribution is 5.31. The van der Waals surface area contributed by atoms with Crippen molar-refractivity contribution in [2.24, 2.45) is 5.73 Å². The molecular weight excluding hydrogens is 257 g/mol. The van der Waals surface area contributed by atoms with Crippen LogP contribution in [0.4, 0.5) is 4.39 Å². The number of hydrogen-bond acceptors (Lipinski definition) is 3. The van der Waals surface area contributed by atoms with Crippen LogP contribution in [-0.2, 0) is 4.74 Å². The van der Waals surface area contributed by atoms with Crippen molar-refractivity contribution < 1.29 is 13.9 Å². The van der Waals surface area contributed by atoms with Gasteiger partial charge in [0.15, 0.2) is 0 Å². The first-order chi connectivity index (χ1) is 9.11. The third-order valence-electron chi connectivity index (χ3n) is 3.73. The minimum atomic E-state index is -0.389. The van der Waals surface area contributed by atoms with E-state index < -0.39 is 0 Å². The lowest BCUT2D eigenvalue weighted by Gasteiger charge is -2.27. The zero-order valence-corrected chi connectivity index (χ0v) is 12.9. The Morgan fingerprint density at radius 3 is 2.45 bits per heavy atom. The van der Waals surface area contributed by atoms with Gasteiger partial charge in [0, 0.05) is 24.1 Å². The topological polar surface area (TPSA) is 44.5 Å². The van der Waals surface area contributed by atoms with Gasteiger partial charge in [-0.05, 0) is 40.7 Å². The normalized spacial score (nSPS) is 25.4. The first-order valence-corrected chi connectivity index (χ1v) is 7.02. The summed E-state index contributed by atoms with van der Waals surface area (Å²) >= 11 is 0. The quantitative estimate of drug-likeness (QED) is 0.921. The first kappa shape index (κ1) is 15.3. The third kappa shape index (κ3) is 3.13. The summed E-state index contributed by atoms with van der Waals surface area (Å²) in [7, 11) is 0. The van der Waals surface area contributed by atoms with Crippen molar-refractivity contribution in [2.45, 2.75) is 64.4 Å². The fourth-order valence-corrected chi connectivity index (χ4v) is 2.81. The van der Waals surface area contributed by atoms with Gasteiger partial charge in [-0.3, -0.25) is 0 Å². The van der Waals surface area contributed by atoms with Crippen molar-refractivity contribution in [3.8, 4) is 5.75 Å². The second-order valence-electron chi connectivity index (χ2n) is 6.75. The molecule has 0 saturated carbocycles. The van der Waals surface area contributed by atoms with E-state index in [2.05, 4.69) is 0 Å². The van der Waals surface area contributed by atoms with Gasteiger partial charge < -0.3 is 15.2 Å². The molecule has 20 heavy (non-hydrogen) atoms. The molecule has 1 aliphatic heterocycles. The van der Waals surface area contributed by atoms with Crippen molar-refractivity contribution in [1.82, 2.24) is 0 Å². The molecule has 112 valence electrons. The summed E-state index contributed by atoms with van der Waals surface area (Å²) in [4.78, 5) is 0. The van der Waals surface area contributed by atoms with Gasteiger partial charge in [-0.2, -0.15) is 0 Å². The first-order valence-electron chi connectivity index (χ1n) is 7.02. The summed E-state index contributed by atoms with van der Waals surface area (Å²) in [6, 6.07) is 4.53. The van der Waals surface area contributed by atoms with Crippen LogP contribution in [0.15, 0.2) is 18.2 Å². The molecular formula is C16H24FNO2. The van der Waals surface area contributed by atoms with Crippen molar-refractivity contribution in [3.63, 3.8) is 0 Å². The maximum Gasteiger partial charge on any atom is 0.131 e. The lowest BCUT2D eigenvalue weighted by molar-refractivity contribution is -0.0846. The molecule has 0 bridgehead atoms. The highest BCUT2D eigenvalue weighted by Gasteiger charge is 2.47. The molecule has 0 spiro atoms. The number of halogens is 1. The molecule has 0 aliphatic carbocycles. The Morgan fingerprint density at radius 2 is 2.00 bits per heavy atom. The summed E-state index contributed by atoms with van der Waals surface area (Å²) in [6.07, 6.45) is 0.675. The van der Waals surface area contributed by atoms with E-state index in [0.29, 0.717) is 11.3 Å². The standard InChI is InChI=1S/C16H24FNO2/c1-10(18)12-7-6-11(8-13(12)17)19-14-9-15(2,3)20-16(14,4)5/h6-8,10,14H,9,18H2,1-5H3. The van der Waals surface area contributed by atoms with Gasteiger partial charge in [-0.25, -0.2) is 4.39 Å². The van der Waals surface area contributed by atoms with Crippen molar-refractivity contribution in [1.29, 1.82) is 0 Å². The van der Waals surface area contributed by atoms with Gasteiger partial charge in [0.05, 0.1) is 5.60 Å². The molecule has 2 rings (SSSR count). The molecule has 1 aliphatic rings. The molecule has 0 aromatic heterocycles. The molecule has 2 N–H and O–H groups in total. The number of benzene rings is 1. The Balaban J connectivity index is 2.17. The summed E-state index contributed by atoms with van der Waals surface area (Å²) < 4.78 is 25.8. The van der Waals surface area contributed by atoms with E-state index in [9.17, 15) is 4.39 Å². The van der Waals surface area contributed by atoms with Crippen LogP contribution in [0.3, 0.4) is 0 Å². The molecule has 1 heterocycles. The van der Waals surface area contributed by atoms with Crippen molar-refractivity contribution >= 4 is 0 Å². The zero-order chi connectivity index (χ0) is 15.1. The molecule has 0 radical (unpaired) electrons. The van der Waals surface area contributed by atoms with Gasteiger partial charge in [-0.15, -0.1) is 0 Å². The second-order valence-corrected chi connectivity index (χ2v) is 6.75. The Hall–Kier alpha value is -1.13. The molecule has 1 aromatic carbocycles. The fourth-order valence-electron chi connectivity index (χ4n) is 2.81. The minimum absolute atomic E-state index is 0.0990. The molecule has 1 fully saturated rings. The highest BCUT2D eigenvalue weighted by atomic mass is 19.1. The highest BCUT2D eigenvalue weighted by Crippen LogP contribution is 2.39.